The Balaban J connectivity index is 2.67. The zero-order valence-corrected chi connectivity index (χ0v) is 10.3. The molecule has 0 saturated carbocycles. The highest BCUT2D eigenvalue weighted by Gasteiger charge is 2.15. The van der Waals surface area contributed by atoms with Crippen LogP contribution in [0.3, 0.4) is 0 Å². The van der Waals surface area contributed by atoms with Crippen LogP contribution < -0.4 is 5.32 Å². The van der Waals surface area contributed by atoms with E-state index in [1.807, 2.05) is 12.5 Å². The number of aryl methyl sites for hydroxylation is 1. The summed E-state index contributed by atoms with van der Waals surface area (Å²) in [7, 11) is 2.06. The average Bonchev–Trinajstić information content (AvgIpc) is 2.58. The molecule has 0 fully saturated rings. The fourth-order valence-electron chi connectivity index (χ4n) is 1.80. The molecule has 0 spiro atoms. The van der Waals surface area contributed by atoms with Crippen LogP contribution in [0.2, 0.25) is 0 Å². The summed E-state index contributed by atoms with van der Waals surface area (Å²) in [6.45, 7) is 7.79. The zero-order chi connectivity index (χ0) is 11.3. The summed E-state index contributed by atoms with van der Waals surface area (Å²) in [5, 5.41) is 3.58. The van der Waals surface area contributed by atoms with E-state index in [1.165, 1.54) is 18.5 Å². The smallest absolute Gasteiger partial charge is 0.0946 e. The Morgan fingerprint density at radius 1 is 1.47 bits per heavy atom. The molecule has 1 unspecified atom stereocenters. The van der Waals surface area contributed by atoms with E-state index in [9.17, 15) is 0 Å². The molecule has 0 aliphatic carbocycles. The van der Waals surface area contributed by atoms with Crippen molar-refractivity contribution < 1.29 is 0 Å². The van der Waals surface area contributed by atoms with E-state index in [-0.39, 0.29) is 0 Å². The SMILES string of the molecule is CCCNC(CC(C)C)c1cncn1C. The van der Waals surface area contributed by atoms with Gasteiger partial charge in [-0.05, 0) is 25.3 Å². The first-order valence-electron chi connectivity index (χ1n) is 5.84. The van der Waals surface area contributed by atoms with Crippen LogP contribution in [0.4, 0.5) is 0 Å². The van der Waals surface area contributed by atoms with Gasteiger partial charge in [0.05, 0.1) is 12.0 Å². The molecule has 0 bridgehead atoms. The quantitative estimate of drug-likeness (QED) is 0.780. The molecule has 0 aliphatic heterocycles. The summed E-state index contributed by atoms with van der Waals surface area (Å²) >= 11 is 0. The third-order valence-corrected chi connectivity index (χ3v) is 2.56. The van der Waals surface area contributed by atoms with E-state index in [4.69, 9.17) is 0 Å². The van der Waals surface area contributed by atoms with Crippen molar-refractivity contribution in [2.24, 2.45) is 13.0 Å². The van der Waals surface area contributed by atoms with Crippen LogP contribution in [0.5, 0.6) is 0 Å². The summed E-state index contributed by atoms with van der Waals surface area (Å²) in [4.78, 5) is 4.18. The maximum atomic E-state index is 4.18. The van der Waals surface area contributed by atoms with Gasteiger partial charge in [0.15, 0.2) is 0 Å². The summed E-state index contributed by atoms with van der Waals surface area (Å²) in [6.07, 6.45) is 6.18. The van der Waals surface area contributed by atoms with Crippen LogP contribution in [0.15, 0.2) is 12.5 Å². The molecule has 1 N–H and O–H groups in total. The van der Waals surface area contributed by atoms with Gasteiger partial charge in [0, 0.05) is 19.3 Å². The predicted molar refractivity (Wildman–Crippen MR) is 63.7 cm³/mol. The van der Waals surface area contributed by atoms with Gasteiger partial charge in [-0.25, -0.2) is 4.98 Å². The first-order valence-corrected chi connectivity index (χ1v) is 5.84. The first-order chi connectivity index (χ1) is 7.15. The van der Waals surface area contributed by atoms with Crippen molar-refractivity contribution in [1.82, 2.24) is 14.9 Å². The highest BCUT2D eigenvalue weighted by Crippen LogP contribution is 2.20. The molecule has 3 nitrogen and oxygen atoms in total. The lowest BCUT2D eigenvalue weighted by Gasteiger charge is -2.20. The molecule has 1 rings (SSSR count). The molecular weight excluding hydrogens is 186 g/mol. The second kappa shape index (κ2) is 5.91. The van der Waals surface area contributed by atoms with Gasteiger partial charge < -0.3 is 9.88 Å². The Labute approximate surface area is 92.9 Å². The van der Waals surface area contributed by atoms with Crippen molar-refractivity contribution >= 4 is 0 Å². The normalized spacial score (nSPS) is 13.4. The number of imidazole rings is 1. The Kier molecular flexibility index (Phi) is 4.82. The van der Waals surface area contributed by atoms with E-state index in [0.29, 0.717) is 12.0 Å². The van der Waals surface area contributed by atoms with Crippen LogP contribution in [0, 0.1) is 5.92 Å². The third kappa shape index (κ3) is 3.67. The summed E-state index contributed by atoms with van der Waals surface area (Å²) in [5.74, 6) is 0.703. The number of nitrogens with one attached hydrogen (secondary N) is 1. The third-order valence-electron chi connectivity index (χ3n) is 2.56. The maximum absolute atomic E-state index is 4.18. The number of aromatic nitrogens is 2. The molecule has 86 valence electrons. The largest absolute Gasteiger partial charge is 0.336 e. The van der Waals surface area contributed by atoms with Gasteiger partial charge in [-0.3, -0.25) is 0 Å². The van der Waals surface area contributed by atoms with Crippen molar-refractivity contribution in [2.75, 3.05) is 6.54 Å². The van der Waals surface area contributed by atoms with Gasteiger partial charge >= 0.3 is 0 Å². The van der Waals surface area contributed by atoms with Crippen molar-refractivity contribution in [3.05, 3.63) is 18.2 Å². The van der Waals surface area contributed by atoms with E-state index in [0.717, 1.165) is 6.54 Å². The number of nitrogens with zero attached hydrogens (tertiary/aromatic N) is 2. The van der Waals surface area contributed by atoms with Crippen LogP contribution in [0.1, 0.15) is 45.3 Å². The molecule has 0 radical (unpaired) electrons. The van der Waals surface area contributed by atoms with Gasteiger partial charge in [-0.2, -0.15) is 0 Å². The molecule has 15 heavy (non-hydrogen) atoms. The van der Waals surface area contributed by atoms with E-state index >= 15 is 0 Å². The molecule has 0 aliphatic rings. The number of hydrogen-bond donors (Lipinski definition) is 1. The highest BCUT2D eigenvalue weighted by molar-refractivity contribution is 5.04. The van der Waals surface area contributed by atoms with Crippen LogP contribution in [-0.4, -0.2) is 16.1 Å². The van der Waals surface area contributed by atoms with Crippen molar-refractivity contribution in [1.29, 1.82) is 0 Å². The van der Waals surface area contributed by atoms with Crippen LogP contribution in [-0.2, 0) is 7.05 Å². The van der Waals surface area contributed by atoms with Crippen LogP contribution in [0.25, 0.3) is 0 Å². The van der Waals surface area contributed by atoms with E-state index in [1.54, 1.807) is 0 Å². The fraction of sp³-hybridized carbons (Fsp3) is 0.750. The minimum Gasteiger partial charge on any atom is -0.336 e. The molecule has 1 aromatic rings. The second-order valence-electron chi connectivity index (χ2n) is 4.57. The monoisotopic (exact) mass is 209 g/mol. The van der Waals surface area contributed by atoms with Gasteiger partial charge in [0.25, 0.3) is 0 Å². The van der Waals surface area contributed by atoms with Gasteiger partial charge in [-0.15, -0.1) is 0 Å². The fourth-order valence-corrected chi connectivity index (χ4v) is 1.80. The van der Waals surface area contributed by atoms with E-state index < -0.39 is 0 Å². The number of hydrogen-bond acceptors (Lipinski definition) is 2. The highest BCUT2D eigenvalue weighted by atomic mass is 15.1. The average molecular weight is 209 g/mol. The minimum absolute atomic E-state index is 0.442. The standard InChI is InChI=1S/C12H23N3/c1-5-6-14-11(7-10(2)3)12-8-13-9-15(12)4/h8-11,14H,5-7H2,1-4H3. The molecule has 1 heterocycles. The number of rotatable bonds is 6. The minimum atomic E-state index is 0.442. The molecule has 0 amide bonds. The lowest BCUT2D eigenvalue weighted by atomic mass is 10.0. The van der Waals surface area contributed by atoms with Gasteiger partial charge in [-0.1, -0.05) is 20.8 Å². The Hall–Kier alpha value is -0.830. The topological polar surface area (TPSA) is 29.9 Å². The summed E-state index contributed by atoms with van der Waals surface area (Å²) < 4.78 is 2.11. The second-order valence-corrected chi connectivity index (χ2v) is 4.57. The Bertz CT molecular complexity index is 278. The van der Waals surface area contributed by atoms with E-state index in [2.05, 4.69) is 42.7 Å². The first kappa shape index (κ1) is 12.2. The predicted octanol–water partition coefficient (Wildman–Crippen LogP) is 2.51. The Morgan fingerprint density at radius 3 is 2.67 bits per heavy atom. The molecule has 3 heteroatoms. The van der Waals surface area contributed by atoms with Crippen molar-refractivity contribution in [3.63, 3.8) is 0 Å². The van der Waals surface area contributed by atoms with Gasteiger partial charge in [0.2, 0.25) is 0 Å². The molecule has 0 saturated heterocycles. The maximum Gasteiger partial charge on any atom is 0.0946 e. The molecule has 1 aromatic heterocycles. The summed E-state index contributed by atoms with van der Waals surface area (Å²) in [5.41, 5.74) is 1.29. The molecule has 1 atom stereocenters. The lowest BCUT2D eigenvalue weighted by Crippen LogP contribution is -2.25. The van der Waals surface area contributed by atoms with Crippen LogP contribution >= 0.6 is 0 Å². The zero-order valence-electron chi connectivity index (χ0n) is 10.3. The molecule has 0 aromatic carbocycles. The van der Waals surface area contributed by atoms with Crippen molar-refractivity contribution in [3.8, 4) is 0 Å². The van der Waals surface area contributed by atoms with Crippen molar-refractivity contribution in [2.45, 2.75) is 39.7 Å². The molecular formula is C12H23N3. The van der Waals surface area contributed by atoms with Gasteiger partial charge in [0.1, 0.15) is 0 Å². The lowest BCUT2D eigenvalue weighted by molar-refractivity contribution is 0.415. The summed E-state index contributed by atoms with van der Waals surface area (Å²) in [6, 6.07) is 0.442. The Morgan fingerprint density at radius 2 is 2.20 bits per heavy atom.